The summed E-state index contributed by atoms with van der Waals surface area (Å²) in [6, 6.07) is 24.4. The summed E-state index contributed by atoms with van der Waals surface area (Å²) in [4.78, 5) is 11.5. The number of amides is 1. The van der Waals surface area contributed by atoms with Crippen LogP contribution in [0, 0.1) is 0 Å². The van der Waals surface area contributed by atoms with E-state index in [4.69, 9.17) is 0 Å². The van der Waals surface area contributed by atoms with Crippen molar-refractivity contribution < 1.29 is 9.36 Å². The van der Waals surface area contributed by atoms with Crippen LogP contribution in [0.25, 0.3) is 21.8 Å². The van der Waals surface area contributed by atoms with Gasteiger partial charge in [-0.3, -0.25) is 4.79 Å². The summed E-state index contributed by atoms with van der Waals surface area (Å²) in [5, 5.41) is 8.64. The van der Waals surface area contributed by atoms with Crippen LogP contribution in [0.2, 0.25) is 0 Å². The van der Waals surface area contributed by atoms with Crippen molar-refractivity contribution >= 4 is 44.8 Å². The van der Waals surface area contributed by atoms with Gasteiger partial charge < -0.3 is 10.6 Å². The number of aromatic nitrogens is 1. The first kappa shape index (κ1) is 16.1. The third-order valence-corrected chi connectivity index (χ3v) is 4.53. The zero-order valence-corrected chi connectivity index (χ0v) is 14.8. The maximum atomic E-state index is 11.5. The lowest BCUT2D eigenvalue weighted by atomic mass is 10.1. The predicted molar refractivity (Wildman–Crippen MR) is 107 cm³/mol. The average molecular weight is 342 g/mol. The third kappa shape index (κ3) is 2.86. The zero-order valence-electron chi connectivity index (χ0n) is 14.8. The van der Waals surface area contributed by atoms with E-state index in [1.165, 1.54) is 6.92 Å². The summed E-state index contributed by atoms with van der Waals surface area (Å²) < 4.78 is 2.18. The molecule has 0 bridgehead atoms. The molecular formula is C22H20N3O+. The first-order chi connectivity index (χ1) is 12.6. The van der Waals surface area contributed by atoms with Crippen LogP contribution in [-0.4, -0.2) is 5.91 Å². The molecule has 3 aromatic carbocycles. The molecule has 0 aliphatic rings. The summed E-state index contributed by atoms with van der Waals surface area (Å²) in [6.45, 7) is 1.52. The molecule has 1 aromatic heterocycles. The largest absolute Gasteiger partial charge is 0.354 e. The molecule has 26 heavy (non-hydrogen) atoms. The molecule has 0 saturated heterocycles. The van der Waals surface area contributed by atoms with Gasteiger partial charge in [0.25, 0.3) is 0 Å². The van der Waals surface area contributed by atoms with Gasteiger partial charge in [0.2, 0.25) is 16.9 Å². The average Bonchev–Trinajstić information content (AvgIpc) is 2.65. The Labute approximate surface area is 152 Å². The van der Waals surface area contributed by atoms with Crippen molar-refractivity contribution in [2.45, 2.75) is 6.92 Å². The monoisotopic (exact) mass is 342 g/mol. The lowest BCUT2D eigenvalue weighted by Gasteiger charge is -2.13. The molecule has 4 aromatic rings. The first-order valence-corrected chi connectivity index (χ1v) is 8.57. The standard InChI is InChI=1S/C22H19N3O/c1-15(26)23-17-12-13-21-19(14-17)22(24-16-8-4-3-5-9-16)18-10-6-7-11-20(18)25(21)2/h3-14H,1-2H3,(H,23,26)/p+1. The number of fused-ring (bicyclic) bond motifs is 2. The van der Waals surface area contributed by atoms with Gasteiger partial charge in [0, 0.05) is 30.4 Å². The second-order valence-corrected chi connectivity index (χ2v) is 6.36. The highest BCUT2D eigenvalue weighted by Crippen LogP contribution is 2.33. The van der Waals surface area contributed by atoms with Crippen LogP contribution in [0.5, 0.6) is 0 Å². The molecule has 0 aliphatic carbocycles. The molecule has 0 unspecified atom stereocenters. The molecular weight excluding hydrogens is 322 g/mol. The number of rotatable bonds is 3. The summed E-state index contributed by atoms with van der Waals surface area (Å²) in [5.41, 5.74) is 5.09. The lowest BCUT2D eigenvalue weighted by molar-refractivity contribution is -0.617. The van der Waals surface area contributed by atoms with Crippen molar-refractivity contribution in [2.75, 3.05) is 10.6 Å². The zero-order chi connectivity index (χ0) is 18.1. The summed E-state index contributed by atoms with van der Waals surface area (Å²) in [6.07, 6.45) is 0. The van der Waals surface area contributed by atoms with Crippen molar-refractivity contribution in [3.05, 3.63) is 72.8 Å². The summed E-state index contributed by atoms with van der Waals surface area (Å²) in [5.74, 6) is -0.0768. The molecule has 1 amide bonds. The molecule has 0 spiro atoms. The van der Waals surface area contributed by atoms with Crippen molar-refractivity contribution in [3.8, 4) is 0 Å². The Morgan fingerprint density at radius 1 is 0.808 bits per heavy atom. The van der Waals surface area contributed by atoms with Gasteiger partial charge in [0.1, 0.15) is 7.05 Å². The van der Waals surface area contributed by atoms with Crippen molar-refractivity contribution in [1.82, 2.24) is 0 Å². The normalized spacial score (nSPS) is 10.8. The Balaban J connectivity index is 2.02. The minimum atomic E-state index is -0.0768. The van der Waals surface area contributed by atoms with Crippen LogP contribution >= 0.6 is 0 Å². The van der Waals surface area contributed by atoms with Gasteiger partial charge in [-0.15, -0.1) is 0 Å². The topological polar surface area (TPSA) is 45.0 Å². The molecule has 0 radical (unpaired) electrons. The molecule has 0 atom stereocenters. The Hall–Kier alpha value is -3.40. The van der Waals surface area contributed by atoms with Crippen LogP contribution in [0.15, 0.2) is 72.8 Å². The maximum Gasteiger partial charge on any atom is 0.221 e. The fraction of sp³-hybridized carbons (Fsp3) is 0.0909. The van der Waals surface area contributed by atoms with Crippen LogP contribution in [0.3, 0.4) is 0 Å². The molecule has 128 valence electrons. The number of aryl methyl sites for hydroxylation is 1. The number of nitrogens with zero attached hydrogens (tertiary/aromatic N) is 1. The van der Waals surface area contributed by atoms with E-state index in [1.54, 1.807) is 0 Å². The number of pyridine rings is 1. The van der Waals surface area contributed by atoms with Gasteiger partial charge in [0.15, 0.2) is 0 Å². The molecule has 0 saturated carbocycles. The summed E-state index contributed by atoms with van der Waals surface area (Å²) in [7, 11) is 2.06. The predicted octanol–water partition coefficient (Wildman–Crippen LogP) is 4.52. The van der Waals surface area contributed by atoms with Crippen LogP contribution in [0.4, 0.5) is 17.1 Å². The quantitative estimate of drug-likeness (QED) is 0.425. The van der Waals surface area contributed by atoms with Gasteiger partial charge in [-0.25, -0.2) is 0 Å². The number of benzene rings is 3. The minimum Gasteiger partial charge on any atom is -0.354 e. The Morgan fingerprint density at radius 2 is 1.50 bits per heavy atom. The van der Waals surface area contributed by atoms with E-state index in [9.17, 15) is 4.79 Å². The number of carbonyl (C=O) groups excluding carboxylic acids is 1. The highest BCUT2D eigenvalue weighted by Gasteiger charge is 2.18. The molecule has 4 rings (SSSR count). The van der Waals surface area contributed by atoms with E-state index >= 15 is 0 Å². The van der Waals surface area contributed by atoms with Crippen LogP contribution in [-0.2, 0) is 11.8 Å². The minimum absolute atomic E-state index is 0.0768. The Kier molecular flexibility index (Phi) is 4.01. The van der Waals surface area contributed by atoms with Crippen LogP contribution < -0.4 is 15.2 Å². The van der Waals surface area contributed by atoms with Gasteiger partial charge >= 0.3 is 0 Å². The van der Waals surface area contributed by atoms with Crippen LogP contribution in [0.1, 0.15) is 6.92 Å². The molecule has 0 fully saturated rings. The SMILES string of the molecule is CC(=O)Nc1ccc2c(c1)c(Nc1ccccc1)c1ccccc1[n+]2C. The highest BCUT2D eigenvalue weighted by molar-refractivity contribution is 6.07. The molecule has 0 aliphatic heterocycles. The summed E-state index contributed by atoms with van der Waals surface area (Å²) >= 11 is 0. The van der Waals surface area contributed by atoms with Gasteiger partial charge in [-0.2, -0.15) is 4.57 Å². The first-order valence-electron chi connectivity index (χ1n) is 8.57. The highest BCUT2D eigenvalue weighted by atomic mass is 16.1. The van der Waals surface area contributed by atoms with Crippen molar-refractivity contribution in [1.29, 1.82) is 0 Å². The second-order valence-electron chi connectivity index (χ2n) is 6.36. The van der Waals surface area contributed by atoms with E-state index < -0.39 is 0 Å². The Morgan fingerprint density at radius 3 is 2.27 bits per heavy atom. The van der Waals surface area contributed by atoms with Gasteiger partial charge in [0.05, 0.1) is 16.5 Å². The van der Waals surface area contributed by atoms with E-state index in [1.807, 2.05) is 60.7 Å². The van der Waals surface area contributed by atoms with E-state index in [0.29, 0.717) is 0 Å². The lowest BCUT2D eigenvalue weighted by Crippen LogP contribution is -2.30. The molecule has 4 nitrogen and oxygen atoms in total. The number of carbonyl (C=O) groups is 1. The molecule has 2 N–H and O–H groups in total. The maximum absolute atomic E-state index is 11.5. The smallest absolute Gasteiger partial charge is 0.221 e. The number of para-hydroxylation sites is 2. The fourth-order valence-corrected chi connectivity index (χ4v) is 3.36. The van der Waals surface area contributed by atoms with E-state index in [2.05, 4.69) is 34.4 Å². The second kappa shape index (κ2) is 6.48. The van der Waals surface area contributed by atoms with Crippen molar-refractivity contribution in [3.63, 3.8) is 0 Å². The van der Waals surface area contributed by atoms with E-state index in [0.717, 1.165) is 38.9 Å². The van der Waals surface area contributed by atoms with E-state index in [-0.39, 0.29) is 5.91 Å². The Bertz CT molecular complexity index is 1120. The van der Waals surface area contributed by atoms with Gasteiger partial charge in [-0.1, -0.05) is 30.3 Å². The number of nitrogens with one attached hydrogen (secondary N) is 2. The number of anilines is 3. The molecule has 4 heteroatoms. The third-order valence-electron chi connectivity index (χ3n) is 4.53. The molecule has 1 heterocycles. The van der Waals surface area contributed by atoms with Crippen molar-refractivity contribution in [2.24, 2.45) is 7.05 Å². The van der Waals surface area contributed by atoms with Gasteiger partial charge in [-0.05, 0) is 30.3 Å². The fourth-order valence-electron chi connectivity index (χ4n) is 3.36. The number of hydrogen-bond acceptors (Lipinski definition) is 2. The number of hydrogen-bond donors (Lipinski definition) is 2.